The largest absolute Gasteiger partial charge is 0.355 e. The van der Waals surface area contributed by atoms with E-state index >= 15 is 0 Å². The molecule has 0 radical (unpaired) electrons. The minimum Gasteiger partial charge on any atom is -0.355 e. The molecule has 2 fully saturated rings. The van der Waals surface area contributed by atoms with Gasteiger partial charge in [0.25, 0.3) is 0 Å². The number of nitrogens with zero attached hydrogens (tertiary/aromatic N) is 5. The van der Waals surface area contributed by atoms with Crippen LogP contribution in [0, 0.1) is 0 Å². The van der Waals surface area contributed by atoms with Crippen molar-refractivity contribution in [3.63, 3.8) is 0 Å². The zero-order valence-electron chi connectivity index (χ0n) is 51.8. The average Bonchev–Trinajstić information content (AvgIpc) is 4.15. The molecule has 7 nitrogen and oxygen atoms in total. The highest BCUT2D eigenvalue weighted by Gasteiger charge is 1.95. The molecule has 0 bridgehead atoms. The van der Waals surface area contributed by atoms with Gasteiger partial charge in [-0.2, -0.15) is 21.5 Å². The molecule has 0 atom stereocenters. The fraction of sp³-hybridized carbons (Fsp3) is 0.623. The van der Waals surface area contributed by atoms with E-state index in [1.165, 1.54) is 44.9 Å². The van der Waals surface area contributed by atoms with Crippen molar-refractivity contribution in [3.05, 3.63) is 139 Å². The Morgan fingerprint density at radius 3 is 0.609 bits per heavy atom. The van der Waals surface area contributed by atoms with Crippen molar-refractivity contribution < 1.29 is 9.47 Å². The van der Waals surface area contributed by atoms with Gasteiger partial charge in [-0.15, -0.1) is 0 Å². The second-order valence-electron chi connectivity index (χ2n) is 8.20. The van der Waals surface area contributed by atoms with Crippen molar-refractivity contribution in [3.8, 4) is 0 Å². The third kappa shape index (κ3) is 180. The van der Waals surface area contributed by atoms with Crippen molar-refractivity contribution in [2.75, 3.05) is 20.0 Å². The summed E-state index contributed by atoms with van der Waals surface area (Å²) in [6, 6.07) is 27.2. The molecule has 1 saturated heterocycles. The van der Waals surface area contributed by atoms with Gasteiger partial charge in [0.2, 0.25) is 0 Å². The quantitative estimate of drug-likeness (QED) is 0.153. The van der Waals surface area contributed by atoms with Gasteiger partial charge in [-0.25, -0.2) is 9.97 Å². The van der Waals surface area contributed by atoms with Crippen LogP contribution in [0.15, 0.2) is 139 Å². The van der Waals surface area contributed by atoms with Gasteiger partial charge < -0.3 is 9.47 Å². The van der Waals surface area contributed by atoms with E-state index in [0.717, 1.165) is 19.6 Å². The Morgan fingerprint density at radius 1 is 0.261 bits per heavy atom. The van der Waals surface area contributed by atoms with Crippen LogP contribution in [0.5, 0.6) is 0 Å². The fourth-order valence-electron chi connectivity index (χ4n) is 2.93. The SMILES string of the molecule is C1CCCCC1.C1COCOC1.CC.CC.CC.CC.CC.CC.CC.CC.CC.CC.CC.CC.CC.CC.c1ccccc1.c1ccncc1.c1ccnnc1.c1ccsc1.c1cncnc1. The molecule has 5 heterocycles. The zero-order valence-corrected chi connectivity index (χ0v) is 52.6. The Morgan fingerprint density at radius 2 is 0.507 bits per heavy atom. The Hall–Kier alpha value is -3.85. The number of benzene rings is 1. The van der Waals surface area contributed by atoms with Gasteiger partial charge in [-0.3, -0.25) is 4.98 Å². The molecule has 7 rings (SSSR count). The molecule has 5 aromatic rings. The lowest BCUT2D eigenvalue weighted by Crippen LogP contribution is -2.11. The Kier molecular flexibility index (Phi) is 275. The smallest absolute Gasteiger partial charge is 0.146 e. The Balaban J connectivity index is -0.0000000393. The van der Waals surface area contributed by atoms with Crippen LogP contribution in [0.2, 0.25) is 0 Å². The maximum absolute atomic E-state index is 4.85. The monoisotopic (exact) mass is 994 g/mol. The van der Waals surface area contributed by atoms with Crippen LogP contribution in [-0.4, -0.2) is 45.2 Å². The molecule has 1 aliphatic carbocycles. The lowest BCUT2D eigenvalue weighted by molar-refractivity contribution is -0.0963. The van der Waals surface area contributed by atoms with Crippen molar-refractivity contribution in [1.29, 1.82) is 0 Å². The summed E-state index contributed by atoms with van der Waals surface area (Å²) in [5.41, 5.74) is 0. The van der Waals surface area contributed by atoms with E-state index in [4.69, 9.17) is 9.47 Å². The molecule has 0 unspecified atom stereocenters. The maximum Gasteiger partial charge on any atom is 0.146 e. The molecule has 0 amide bonds. The molecule has 1 saturated carbocycles. The van der Waals surface area contributed by atoms with Gasteiger partial charge in [-0.05, 0) is 47.5 Å². The molecular formula is C61H127N5O2S. The number of rotatable bonds is 0. The Bertz CT molecular complexity index is 762. The summed E-state index contributed by atoms with van der Waals surface area (Å²) in [5, 5.41) is 11.2. The average molecular weight is 995 g/mol. The van der Waals surface area contributed by atoms with Crippen LogP contribution in [0.4, 0.5) is 0 Å². The van der Waals surface area contributed by atoms with Crippen LogP contribution in [-0.2, 0) is 9.47 Å². The van der Waals surface area contributed by atoms with Crippen molar-refractivity contribution in [2.24, 2.45) is 0 Å². The number of aromatic nitrogens is 5. The molecule has 69 heavy (non-hydrogen) atoms. The first-order chi connectivity index (χ1) is 34.5. The van der Waals surface area contributed by atoms with Gasteiger partial charge in [0.15, 0.2) is 0 Å². The van der Waals surface area contributed by atoms with Crippen LogP contribution < -0.4 is 0 Å². The van der Waals surface area contributed by atoms with Crippen molar-refractivity contribution >= 4 is 11.3 Å². The Labute approximate surface area is 442 Å². The summed E-state index contributed by atoms with van der Waals surface area (Å²) in [6.45, 7) is 58.2. The predicted molar refractivity (Wildman–Crippen MR) is 327 cm³/mol. The van der Waals surface area contributed by atoms with Crippen molar-refractivity contribution in [1.82, 2.24) is 25.1 Å². The van der Waals surface area contributed by atoms with Crippen LogP contribution in [0.1, 0.15) is 239 Å². The number of hydrogen-bond donors (Lipinski definition) is 0. The lowest BCUT2D eigenvalue weighted by Gasteiger charge is -2.09. The summed E-state index contributed by atoms with van der Waals surface area (Å²) in [4.78, 5) is 11.1. The third-order valence-corrected chi connectivity index (χ3v) is 5.49. The van der Waals surface area contributed by atoms with Gasteiger partial charge in [-0.1, -0.05) is 287 Å². The van der Waals surface area contributed by atoms with E-state index < -0.39 is 0 Å². The second kappa shape index (κ2) is 185. The van der Waals surface area contributed by atoms with Gasteiger partial charge in [0.05, 0.1) is 13.2 Å². The van der Waals surface area contributed by atoms with E-state index in [2.05, 4.69) is 25.1 Å². The predicted octanol–water partition coefficient (Wildman–Crippen LogP) is 22.6. The summed E-state index contributed by atoms with van der Waals surface area (Å²) in [5.74, 6) is 0. The van der Waals surface area contributed by atoms with E-state index in [0.29, 0.717) is 6.79 Å². The first-order valence-electron chi connectivity index (χ1n) is 27.9. The molecule has 0 N–H and O–H groups in total. The van der Waals surface area contributed by atoms with Gasteiger partial charge in [0.1, 0.15) is 13.1 Å². The van der Waals surface area contributed by atoms with Crippen LogP contribution >= 0.6 is 11.3 Å². The van der Waals surface area contributed by atoms with Gasteiger partial charge >= 0.3 is 0 Å². The highest BCUT2D eigenvalue weighted by Crippen LogP contribution is 2.15. The first kappa shape index (κ1) is 102. The highest BCUT2D eigenvalue weighted by molar-refractivity contribution is 7.07. The normalized spacial score (nSPS) is 8.75. The van der Waals surface area contributed by atoms with E-state index in [1.54, 1.807) is 54.6 Å². The summed E-state index contributed by atoms with van der Waals surface area (Å²) in [7, 11) is 0. The first-order valence-corrected chi connectivity index (χ1v) is 28.8. The summed E-state index contributed by atoms with van der Waals surface area (Å²) in [6.07, 6.45) is 21.7. The summed E-state index contributed by atoms with van der Waals surface area (Å²) < 4.78 is 9.69. The molecule has 1 aliphatic heterocycles. The molecule has 4 aromatic heterocycles. The highest BCUT2D eigenvalue weighted by atomic mass is 32.1. The number of pyridine rings is 1. The standard InChI is InChI=1S/C6H12.C6H6.C5H5N.2C4H4N2.C4H8O2.C4H4S.14C2H6/c3*1-2-4-6-5-3-1;1-2-5-4-6-3-1;1-2-4-6-5-3-1;1-2-5-4-6-3-1;1-2-4-5-3-1;14*1-2/h1-6H2;1-6H;1-5H;2*1-4H;1-4H2;1-4H;14*1-2H3. The van der Waals surface area contributed by atoms with E-state index in [1.807, 2.05) is 283 Å². The van der Waals surface area contributed by atoms with Gasteiger partial charge in [0, 0.05) is 37.2 Å². The van der Waals surface area contributed by atoms with E-state index in [9.17, 15) is 0 Å². The molecule has 414 valence electrons. The zero-order chi connectivity index (χ0) is 57.0. The fourth-order valence-corrected chi connectivity index (χ4v) is 3.39. The molecular weight excluding hydrogens is 867 g/mol. The van der Waals surface area contributed by atoms with Crippen molar-refractivity contribution in [2.45, 2.75) is 239 Å². The van der Waals surface area contributed by atoms with E-state index in [-0.39, 0.29) is 0 Å². The number of hydrogen-bond acceptors (Lipinski definition) is 8. The molecule has 1 aromatic carbocycles. The second-order valence-corrected chi connectivity index (χ2v) is 9.02. The number of ether oxygens (including phenoxy) is 2. The minimum atomic E-state index is 0.500. The minimum absolute atomic E-state index is 0.500. The molecule has 2 aliphatic rings. The topological polar surface area (TPSA) is 82.9 Å². The van der Waals surface area contributed by atoms with Crippen LogP contribution in [0.25, 0.3) is 0 Å². The number of thiophene rings is 1. The van der Waals surface area contributed by atoms with Crippen LogP contribution in [0.3, 0.4) is 0 Å². The summed E-state index contributed by atoms with van der Waals surface area (Å²) >= 11 is 1.71. The third-order valence-electron chi connectivity index (χ3n) is 4.86. The molecule has 8 heteroatoms. The lowest BCUT2D eigenvalue weighted by atomic mass is 10.0. The molecule has 0 spiro atoms. The maximum atomic E-state index is 4.85.